The minimum absolute atomic E-state index is 0. The summed E-state index contributed by atoms with van der Waals surface area (Å²) in [6.07, 6.45) is 9.36. The first-order valence-corrected chi connectivity index (χ1v) is 4.30. The predicted octanol–water partition coefficient (Wildman–Crippen LogP) is 1.24. The van der Waals surface area contributed by atoms with Crippen LogP contribution in [-0.2, 0) is 32.7 Å². The van der Waals surface area contributed by atoms with Crippen molar-refractivity contribution >= 4 is 0 Å². The van der Waals surface area contributed by atoms with Crippen molar-refractivity contribution in [2.24, 2.45) is 0 Å². The molecular formula is C8H11N4Y-. The Kier molecular flexibility index (Phi) is 4.74. The quantitative estimate of drug-likeness (QED) is 0.765. The second kappa shape index (κ2) is 5.60. The summed E-state index contributed by atoms with van der Waals surface area (Å²) >= 11 is 0. The summed E-state index contributed by atoms with van der Waals surface area (Å²) in [5.41, 5.74) is 1.34. The molecule has 2 rings (SSSR count). The number of aromatic amines is 1. The van der Waals surface area contributed by atoms with Gasteiger partial charge in [-0.15, -0.1) is 5.10 Å². The predicted molar refractivity (Wildman–Crippen MR) is 43.1 cm³/mol. The van der Waals surface area contributed by atoms with Crippen molar-refractivity contribution in [2.45, 2.75) is 32.1 Å². The number of aromatic nitrogens is 4. The molecule has 1 aromatic rings. The zero-order chi connectivity index (χ0) is 8.23. The van der Waals surface area contributed by atoms with Crippen LogP contribution in [0.1, 0.15) is 37.9 Å². The van der Waals surface area contributed by atoms with Gasteiger partial charge in [-0.1, -0.05) is 37.3 Å². The molecule has 13 heavy (non-hydrogen) atoms. The van der Waals surface area contributed by atoms with E-state index in [0.29, 0.717) is 5.82 Å². The summed E-state index contributed by atoms with van der Waals surface area (Å²) in [5, 5.41) is 13.6. The molecule has 0 aromatic carbocycles. The van der Waals surface area contributed by atoms with Gasteiger partial charge in [0, 0.05) is 38.5 Å². The van der Waals surface area contributed by atoms with Gasteiger partial charge in [0.05, 0.1) is 0 Å². The Bertz CT molecular complexity index is 260. The fourth-order valence-corrected chi connectivity index (χ4v) is 1.48. The average Bonchev–Trinajstić information content (AvgIpc) is 2.59. The molecule has 0 atom stereocenters. The van der Waals surface area contributed by atoms with E-state index in [9.17, 15) is 0 Å². The van der Waals surface area contributed by atoms with Gasteiger partial charge in [-0.25, -0.2) is 5.57 Å². The molecule has 1 fully saturated rings. The maximum atomic E-state index is 3.83. The second-order valence-corrected chi connectivity index (χ2v) is 3.02. The Morgan fingerprint density at radius 3 is 2.54 bits per heavy atom. The van der Waals surface area contributed by atoms with Crippen LogP contribution in [-0.4, -0.2) is 20.6 Å². The van der Waals surface area contributed by atoms with E-state index >= 15 is 0 Å². The van der Waals surface area contributed by atoms with Gasteiger partial charge in [-0.2, -0.15) is 10.3 Å². The van der Waals surface area contributed by atoms with Crippen LogP contribution in [0.15, 0.2) is 5.57 Å². The third-order valence-corrected chi connectivity index (χ3v) is 2.09. The van der Waals surface area contributed by atoms with Gasteiger partial charge >= 0.3 is 0 Å². The molecule has 1 saturated carbocycles. The van der Waals surface area contributed by atoms with Crippen LogP contribution in [0, 0.1) is 6.08 Å². The molecule has 1 aliphatic carbocycles. The maximum Gasteiger partial charge on any atom is 0.0210 e. The summed E-state index contributed by atoms with van der Waals surface area (Å²) < 4.78 is 0. The molecule has 4 nitrogen and oxygen atoms in total. The monoisotopic (exact) mass is 252 g/mol. The number of tetrazole rings is 1. The van der Waals surface area contributed by atoms with E-state index in [0.717, 1.165) is 12.8 Å². The van der Waals surface area contributed by atoms with Crippen LogP contribution in [0.3, 0.4) is 0 Å². The Hall–Kier alpha value is -0.0861. The number of nitrogens with zero attached hydrogens (tertiary/aromatic N) is 3. The molecule has 0 unspecified atom stereocenters. The van der Waals surface area contributed by atoms with Crippen molar-refractivity contribution in [2.75, 3.05) is 0 Å². The van der Waals surface area contributed by atoms with Gasteiger partial charge in [0.2, 0.25) is 0 Å². The smallest absolute Gasteiger partial charge is 0.0210 e. The molecule has 0 spiro atoms. The first kappa shape index (κ1) is 11.0. The van der Waals surface area contributed by atoms with Crippen LogP contribution in [0.2, 0.25) is 0 Å². The minimum Gasteiger partial charge on any atom is -0.422 e. The SMILES string of the molecule is [C-](=C1CCCCC1)c1nn[nH]n1.[Y]. The first-order valence-electron chi connectivity index (χ1n) is 4.30. The third kappa shape index (κ3) is 3.27. The largest absolute Gasteiger partial charge is 0.422 e. The summed E-state index contributed by atoms with van der Waals surface area (Å²) in [7, 11) is 0. The van der Waals surface area contributed by atoms with Gasteiger partial charge in [-0.05, 0) is 0 Å². The molecule has 0 aliphatic heterocycles. The molecule has 1 radical (unpaired) electrons. The molecule has 0 amide bonds. The van der Waals surface area contributed by atoms with E-state index in [1.807, 2.05) is 0 Å². The van der Waals surface area contributed by atoms with E-state index in [1.165, 1.54) is 24.8 Å². The normalized spacial score (nSPS) is 16.5. The molecule has 1 heterocycles. The fourth-order valence-electron chi connectivity index (χ4n) is 1.48. The number of nitrogens with one attached hydrogen (secondary N) is 1. The molecule has 0 bridgehead atoms. The van der Waals surface area contributed by atoms with Crippen LogP contribution in [0.4, 0.5) is 0 Å². The topological polar surface area (TPSA) is 54.5 Å². The summed E-state index contributed by atoms with van der Waals surface area (Å²) in [6, 6.07) is 0. The van der Waals surface area contributed by atoms with Crippen LogP contribution >= 0.6 is 0 Å². The number of allylic oxidation sites excluding steroid dienone is 1. The van der Waals surface area contributed by atoms with Crippen LogP contribution < -0.4 is 0 Å². The van der Waals surface area contributed by atoms with Crippen molar-refractivity contribution < 1.29 is 32.7 Å². The molecule has 67 valence electrons. The molecule has 0 saturated heterocycles. The average molecular weight is 252 g/mol. The molecule has 1 aromatic heterocycles. The van der Waals surface area contributed by atoms with Crippen molar-refractivity contribution in [1.29, 1.82) is 0 Å². The Balaban J connectivity index is 0.000000845. The summed E-state index contributed by atoms with van der Waals surface area (Å²) in [6.45, 7) is 0. The number of hydrogen-bond acceptors (Lipinski definition) is 3. The standard InChI is InChI=1S/C8H11N4.Y/c1-2-4-7(5-3-1)6-8-9-11-12-10-8;/h1-5H2,(H,9,10,11,12);/q-1;. The fraction of sp³-hybridized carbons (Fsp3) is 0.625. The minimum atomic E-state index is 0. The molecular weight excluding hydrogens is 241 g/mol. The van der Waals surface area contributed by atoms with Crippen LogP contribution in [0.5, 0.6) is 0 Å². The zero-order valence-corrected chi connectivity index (χ0v) is 10.3. The molecule has 1 N–H and O–H groups in total. The van der Waals surface area contributed by atoms with E-state index in [4.69, 9.17) is 0 Å². The number of H-pyrrole nitrogens is 1. The Labute approximate surface area is 102 Å². The maximum absolute atomic E-state index is 3.83. The van der Waals surface area contributed by atoms with Crippen molar-refractivity contribution in [3.05, 3.63) is 17.5 Å². The summed E-state index contributed by atoms with van der Waals surface area (Å²) in [4.78, 5) is 0. The second-order valence-electron chi connectivity index (χ2n) is 3.02. The van der Waals surface area contributed by atoms with Crippen LogP contribution in [0.25, 0.3) is 0 Å². The van der Waals surface area contributed by atoms with Crippen molar-refractivity contribution in [3.63, 3.8) is 0 Å². The number of hydrogen-bond donors (Lipinski definition) is 1. The summed E-state index contributed by atoms with van der Waals surface area (Å²) in [5.74, 6) is 0.590. The Morgan fingerprint density at radius 2 is 1.92 bits per heavy atom. The first-order chi connectivity index (χ1) is 5.95. The van der Waals surface area contributed by atoms with Gasteiger partial charge in [0.15, 0.2) is 0 Å². The third-order valence-electron chi connectivity index (χ3n) is 2.09. The Morgan fingerprint density at radius 1 is 1.15 bits per heavy atom. The van der Waals surface area contributed by atoms with Gasteiger partial charge in [0.1, 0.15) is 0 Å². The molecule has 5 heteroatoms. The van der Waals surface area contributed by atoms with Gasteiger partial charge in [0.25, 0.3) is 0 Å². The van der Waals surface area contributed by atoms with E-state index < -0.39 is 0 Å². The van der Waals surface area contributed by atoms with Crippen molar-refractivity contribution in [1.82, 2.24) is 20.6 Å². The van der Waals surface area contributed by atoms with Crippen molar-refractivity contribution in [3.8, 4) is 0 Å². The van der Waals surface area contributed by atoms with Gasteiger partial charge in [-0.3, -0.25) is 0 Å². The zero-order valence-electron chi connectivity index (χ0n) is 7.45. The number of rotatable bonds is 1. The van der Waals surface area contributed by atoms with E-state index in [1.54, 1.807) is 0 Å². The van der Waals surface area contributed by atoms with Gasteiger partial charge < -0.3 is 6.08 Å². The molecule has 1 aliphatic rings. The van der Waals surface area contributed by atoms with E-state index in [-0.39, 0.29) is 32.7 Å². The van der Waals surface area contributed by atoms with E-state index in [2.05, 4.69) is 26.7 Å².